The molecule has 0 aliphatic heterocycles. The maximum atomic E-state index is 12.6. The zero-order valence-corrected chi connectivity index (χ0v) is 15.4. The van der Waals surface area contributed by atoms with Crippen LogP contribution in [-0.4, -0.2) is 13.7 Å². The van der Waals surface area contributed by atoms with Gasteiger partial charge in [-0.1, -0.05) is 32.4 Å². The molecule has 0 spiro atoms. The van der Waals surface area contributed by atoms with Crippen molar-refractivity contribution in [3.63, 3.8) is 0 Å². The highest BCUT2D eigenvalue weighted by Gasteiger charge is 2.30. The monoisotopic (exact) mass is 366 g/mol. The lowest BCUT2D eigenvalue weighted by Crippen LogP contribution is -2.06. The fourth-order valence-electron chi connectivity index (χ4n) is 2.72. The largest absolute Gasteiger partial charge is 0.496 e. The zero-order valence-electron chi connectivity index (χ0n) is 15.4. The van der Waals surface area contributed by atoms with Crippen LogP contribution < -0.4 is 9.47 Å². The molecule has 26 heavy (non-hydrogen) atoms. The van der Waals surface area contributed by atoms with Gasteiger partial charge in [-0.25, -0.2) is 0 Å². The Bertz CT molecular complexity index is 693. The van der Waals surface area contributed by atoms with Crippen LogP contribution in [0.1, 0.15) is 37.0 Å². The van der Waals surface area contributed by atoms with Gasteiger partial charge in [0.2, 0.25) is 0 Å². The van der Waals surface area contributed by atoms with Gasteiger partial charge in [-0.3, -0.25) is 0 Å². The summed E-state index contributed by atoms with van der Waals surface area (Å²) in [5, 5.41) is 0. The molecule has 2 aromatic rings. The number of benzene rings is 2. The zero-order chi connectivity index (χ0) is 19.2. The van der Waals surface area contributed by atoms with Crippen LogP contribution in [-0.2, 0) is 19.0 Å². The molecule has 0 N–H and O–H groups in total. The highest BCUT2D eigenvalue weighted by molar-refractivity contribution is 5.38. The van der Waals surface area contributed by atoms with Crippen molar-refractivity contribution < 1.29 is 22.6 Å². The van der Waals surface area contributed by atoms with Crippen LogP contribution in [0.3, 0.4) is 0 Å². The summed E-state index contributed by atoms with van der Waals surface area (Å²) in [7, 11) is 1.63. The number of hydrogen-bond acceptors (Lipinski definition) is 2. The lowest BCUT2D eigenvalue weighted by molar-refractivity contribution is -0.137. The van der Waals surface area contributed by atoms with E-state index in [1.165, 1.54) is 17.7 Å². The quantitative estimate of drug-likeness (QED) is 0.577. The first-order valence-electron chi connectivity index (χ1n) is 8.79. The molecule has 0 amide bonds. The molecule has 1 atom stereocenters. The Morgan fingerprint density at radius 3 is 2.31 bits per heavy atom. The molecule has 2 nitrogen and oxygen atoms in total. The van der Waals surface area contributed by atoms with Crippen LogP contribution in [0, 0.1) is 5.92 Å². The van der Waals surface area contributed by atoms with Crippen LogP contribution in [0.25, 0.3) is 0 Å². The van der Waals surface area contributed by atoms with Gasteiger partial charge in [-0.2, -0.15) is 13.2 Å². The number of methoxy groups -OCH3 is 1. The van der Waals surface area contributed by atoms with Gasteiger partial charge in [0.15, 0.2) is 0 Å². The molecule has 1 unspecified atom stereocenters. The van der Waals surface area contributed by atoms with E-state index in [0.29, 0.717) is 24.7 Å². The summed E-state index contributed by atoms with van der Waals surface area (Å²) in [4.78, 5) is 0. The number of hydrogen-bond donors (Lipinski definition) is 0. The fraction of sp³-hybridized carbons (Fsp3) is 0.429. The van der Waals surface area contributed by atoms with Crippen LogP contribution in [0.2, 0.25) is 0 Å². The minimum absolute atomic E-state index is 0.370. The predicted molar refractivity (Wildman–Crippen MR) is 96.8 cm³/mol. The third-order valence-corrected chi connectivity index (χ3v) is 4.45. The summed E-state index contributed by atoms with van der Waals surface area (Å²) < 4.78 is 48.7. The predicted octanol–water partition coefficient (Wildman–Crippen LogP) is 5.92. The Balaban J connectivity index is 1.98. The SMILES string of the molecule is CCC(C)Cc1ccc(OC)c(CCOc2ccc(C(F)(F)F)cc2)c1. The van der Waals surface area contributed by atoms with Gasteiger partial charge in [0.1, 0.15) is 11.5 Å². The van der Waals surface area contributed by atoms with Gasteiger partial charge in [-0.05, 0) is 53.8 Å². The van der Waals surface area contributed by atoms with E-state index in [9.17, 15) is 13.2 Å². The van der Waals surface area contributed by atoms with Crippen molar-refractivity contribution in [2.75, 3.05) is 13.7 Å². The fourth-order valence-corrected chi connectivity index (χ4v) is 2.72. The molecule has 0 aliphatic rings. The lowest BCUT2D eigenvalue weighted by atomic mass is 9.96. The van der Waals surface area contributed by atoms with Crippen molar-refractivity contribution in [3.8, 4) is 11.5 Å². The second-order valence-electron chi connectivity index (χ2n) is 6.48. The smallest absolute Gasteiger partial charge is 0.416 e. The number of ether oxygens (including phenoxy) is 2. The molecule has 0 radical (unpaired) electrons. The molecule has 2 aromatic carbocycles. The lowest BCUT2D eigenvalue weighted by Gasteiger charge is -2.14. The minimum atomic E-state index is -4.33. The second kappa shape index (κ2) is 8.97. The van der Waals surface area contributed by atoms with Crippen molar-refractivity contribution in [1.82, 2.24) is 0 Å². The van der Waals surface area contributed by atoms with E-state index < -0.39 is 11.7 Å². The van der Waals surface area contributed by atoms with Crippen molar-refractivity contribution in [2.24, 2.45) is 5.92 Å². The molecule has 0 aliphatic carbocycles. The summed E-state index contributed by atoms with van der Waals surface area (Å²) in [6, 6.07) is 10.9. The number of alkyl halides is 3. The Morgan fingerprint density at radius 1 is 1.04 bits per heavy atom. The summed E-state index contributed by atoms with van der Waals surface area (Å²) >= 11 is 0. The van der Waals surface area contributed by atoms with E-state index in [1.807, 2.05) is 6.07 Å². The minimum Gasteiger partial charge on any atom is -0.496 e. The van der Waals surface area contributed by atoms with Crippen molar-refractivity contribution >= 4 is 0 Å². The molecule has 0 bridgehead atoms. The van der Waals surface area contributed by atoms with E-state index >= 15 is 0 Å². The summed E-state index contributed by atoms with van der Waals surface area (Å²) in [6.07, 6.45) is -1.58. The first-order chi connectivity index (χ1) is 12.3. The van der Waals surface area contributed by atoms with Crippen molar-refractivity contribution in [2.45, 2.75) is 39.3 Å². The number of rotatable bonds is 8. The Hall–Kier alpha value is -2.17. The molecule has 0 fully saturated rings. The third kappa shape index (κ3) is 5.68. The molecular formula is C21H25F3O2. The standard InChI is InChI=1S/C21H25F3O2/c1-4-15(2)13-16-5-10-20(25-3)17(14-16)11-12-26-19-8-6-18(7-9-19)21(22,23)24/h5-10,14-15H,4,11-13H2,1-3H3. The van der Waals surface area contributed by atoms with E-state index in [4.69, 9.17) is 9.47 Å². The highest BCUT2D eigenvalue weighted by Crippen LogP contribution is 2.30. The Kier molecular flexibility index (Phi) is 6.95. The Morgan fingerprint density at radius 2 is 1.73 bits per heavy atom. The molecule has 142 valence electrons. The maximum Gasteiger partial charge on any atom is 0.416 e. The molecule has 2 rings (SSSR count). The van der Waals surface area contributed by atoms with Crippen molar-refractivity contribution in [1.29, 1.82) is 0 Å². The third-order valence-electron chi connectivity index (χ3n) is 4.45. The van der Waals surface area contributed by atoms with Gasteiger partial charge in [0.25, 0.3) is 0 Å². The normalized spacial score (nSPS) is 12.7. The molecular weight excluding hydrogens is 341 g/mol. The molecule has 0 heterocycles. The van der Waals surface area contributed by atoms with Crippen LogP contribution in [0.5, 0.6) is 11.5 Å². The first kappa shape index (κ1) is 20.1. The van der Waals surface area contributed by atoms with E-state index in [1.54, 1.807) is 7.11 Å². The molecule has 0 saturated carbocycles. The topological polar surface area (TPSA) is 18.5 Å². The number of halogens is 3. The van der Waals surface area contributed by atoms with Gasteiger partial charge < -0.3 is 9.47 Å². The van der Waals surface area contributed by atoms with Gasteiger partial charge in [0.05, 0.1) is 19.3 Å². The summed E-state index contributed by atoms with van der Waals surface area (Å²) in [5.41, 5.74) is 1.62. The van der Waals surface area contributed by atoms with E-state index in [0.717, 1.165) is 36.3 Å². The van der Waals surface area contributed by atoms with E-state index in [-0.39, 0.29) is 0 Å². The molecule has 0 aromatic heterocycles. The van der Waals surface area contributed by atoms with Gasteiger partial charge >= 0.3 is 6.18 Å². The van der Waals surface area contributed by atoms with Crippen LogP contribution in [0.15, 0.2) is 42.5 Å². The van der Waals surface area contributed by atoms with Crippen LogP contribution >= 0.6 is 0 Å². The second-order valence-corrected chi connectivity index (χ2v) is 6.48. The average Bonchev–Trinajstić information content (AvgIpc) is 2.61. The van der Waals surface area contributed by atoms with Gasteiger partial charge in [0, 0.05) is 6.42 Å². The molecule has 5 heteroatoms. The Labute approximate surface area is 152 Å². The maximum absolute atomic E-state index is 12.6. The average molecular weight is 366 g/mol. The first-order valence-corrected chi connectivity index (χ1v) is 8.79. The van der Waals surface area contributed by atoms with Gasteiger partial charge in [-0.15, -0.1) is 0 Å². The summed E-state index contributed by atoms with van der Waals surface area (Å²) in [5.74, 6) is 1.83. The summed E-state index contributed by atoms with van der Waals surface area (Å²) in [6.45, 7) is 4.76. The van der Waals surface area contributed by atoms with Crippen LogP contribution in [0.4, 0.5) is 13.2 Å². The van der Waals surface area contributed by atoms with E-state index in [2.05, 4.69) is 26.0 Å². The highest BCUT2D eigenvalue weighted by atomic mass is 19.4. The van der Waals surface area contributed by atoms with Crippen molar-refractivity contribution in [3.05, 3.63) is 59.2 Å². The molecule has 0 saturated heterocycles.